The maximum atomic E-state index is 12.6. The van der Waals surface area contributed by atoms with Gasteiger partial charge in [-0.2, -0.15) is 5.10 Å². The van der Waals surface area contributed by atoms with Gasteiger partial charge in [0.05, 0.1) is 15.8 Å². The second-order valence-electron chi connectivity index (χ2n) is 5.13. The third-order valence-electron chi connectivity index (χ3n) is 3.64. The van der Waals surface area contributed by atoms with E-state index >= 15 is 0 Å². The van der Waals surface area contributed by atoms with Crippen molar-refractivity contribution in [1.29, 1.82) is 0 Å². The minimum absolute atomic E-state index is 0.0376. The number of aromatic amines is 1. The minimum Gasteiger partial charge on any atom is -0.408 e. The lowest BCUT2D eigenvalue weighted by Gasteiger charge is -2.05. The van der Waals surface area contributed by atoms with Crippen LogP contribution in [0.25, 0.3) is 22.1 Å². The highest BCUT2D eigenvalue weighted by Crippen LogP contribution is 2.23. The molecule has 0 aliphatic rings. The molecule has 0 unspecified atom stereocenters. The van der Waals surface area contributed by atoms with Gasteiger partial charge in [0.2, 0.25) is 0 Å². The van der Waals surface area contributed by atoms with Crippen LogP contribution in [-0.4, -0.2) is 28.2 Å². The fraction of sp³-hybridized carbons (Fsp3) is 0.0714. The molecule has 0 atom stereocenters. The highest BCUT2D eigenvalue weighted by molar-refractivity contribution is 7.92. The third kappa shape index (κ3) is 2.15. The van der Waals surface area contributed by atoms with Gasteiger partial charge in [0.25, 0.3) is 10.0 Å². The number of oxazole rings is 1. The van der Waals surface area contributed by atoms with Crippen molar-refractivity contribution in [3.05, 3.63) is 47.1 Å². The van der Waals surface area contributed by atoms with Crippen LogP contribution in [0.2, 0.25) is 0 Å². The summed E-state index contributed by atoms with van der Waals surface area (Å²) in [4.78, 5) is 15.5. The number of anilines is 1. The van der Waals surface area contributed by atoms with Crippen LogP contribution in [0.5, 0.6) is 0 Å². The Hall–Kier alpha value is -3.14. The topological polar surface area (TPSA) is 123 Å². The summed E-state index contributed by atoms with van der Waals surface area (Å²) in [7, 11) is -2.36. The monoisotopic (exact) mass is 345 g/mol. The van der Waals surface area contributed by atoms with Crippen LogP contribution < -0.4 is 10.5 Å². The van der Waals surface area contributed by atoms with Crippen LogP contribution in [0.3, 0.4) is 0 Å². The number of nitrogens with zero attached hydrogens (tertiary/aromatic N) is 3. The minimum atomic E-state index is -3.90. The fourth-order valence-corrected chi connectivity index (χ4v) is 3.44. The Morgan fingerprint density at radius 2 is 2.12 bits per heavy atom. The summed E-state index contributed by atoms with van der Waals surface area (Å²) in [5.41, 5.74) is 1.17. The number of pyridine rings is 1. The normalized spacial score (nSPS) is 12.0. The first-order valence-electron chi connectivity index (χ1n) is 6.87. The van der Waals surface area contributed by atoms with Gasteiger partial charge in [-0.15, -0.1) is 0 Å². The number of nitrogens with one attached hydrogen (secondary N) is 2. The van der Waals surface area contributed by atoms with Gasteiger partial charge in [0.15, 0.2) is 17.0 Å². The molecule has 0 fully saturated rings. The Kier molecular flexibility index (Phi) is 2.97. The number of hydrogen-bond acceptors (Lipinski definition) is 6. The van der Waals surface area contributed by atoms with E-state index in [9.17, 15) is 13.2 Å². The zero-order chi connectivity index (χ0) is 16.9. The Morgan fingerprint density at radius 1 is 1.29 bits per heavy atom. The molecule has 0 saturated heterocycles. The first kappa shape index (κ1) is 14.5. The van der Waals surface area contributed by atoms with E-state index in [1.807, 2.05) is 0 Å². The van der Waals surface area contributed by atoms with Gasteiger partial charge >= 0.3 is 5.76 Å². The number of hydrogen-bond donors (Lipinski definition) is 2. The lowest BCUT2D eigenvalue weighted by molar-refractivity contribution is 0.527. The first-order valence-corrected chi connectivity index (χ1v) is 8.35. The van der Waals surface area contributed by atoms with Crippen LogP contribution in [0, 0.1) is 0 Å². The average molecular weight is 345 g/mol. The highest BCUT2D eigenvalue weighted by Gasteiger charge is 2.19. The van der Waals surface area contributed by atoms with Crippen molar-refractivity contribution in [1.82, 2.24) is 19.7 Å². The number of benzene rings is 1. The van der Waals surface area contributed by atoms with Crippen LogP contribution in [0.4, 0.5) is 5.82 Å². The van der Waals surface area contributed by atoms with E-state index in [1.165, 1.54) is 22.8 Å². The number of fused-ring (bicyclic) bond motifs is 2. The average Bonchev–Trinajstić information content (AvgIpc) is 3.09. The van der Waals surface area contributed by atoms with Gasteiger partial charge in [-0.05, 0) is 24.3 Å². The maximum Gasteiger partial charge on any atom is 0.419 e. The summed E-state index contributed by atoms with van der Waals surface area (Å²) < 4.78 is 33.9. The summed E-state index contributed by atoms with van der Waals surface area (Å²) in [5, 5.41) is 7.13. The molecule has 4 aromatic rings. The summed E-state index contributed by atoms with van der Waals surface area (Å²) in [5.74, 6) is -0.412. The van der Waals surface area contributed by atoms with Crippen molar-refractivity contribution in [2.45, 2.75) is 4.90 Å². The van der Waals surface area contributed by atoms with Gasteiger partial charge in [0, 0.05) is 19.3 Å². The SMILES string of the molecule is Cn1c(=O)oc2cc(S(=O)(=O)Nc3n[nH]c4ncccc34)ccc21. The Morgan fingerprint density at radius 3 is 2.96 bits per heavy atom. The zero-order valence-electron chi connectivity index (χ0n) is 12.3. The number of aromatic nitrogens is 4. The first-order chi connectivity index (χ1) is 11.5. The van der Waals surface area contributed by atoms with Gasteiger partial charge in [-0.1, -0.05) is 0 Å². The van der Waals surface area contributed by atoms with Gasteiger partial charge in [-0.3, -0.25) is 14.4 Å². The standard InChI is InChI=1S/C14H11N5O4S/c1-19-10-5-4-8(7-11(10)23-14(19)20)24(21,22)18-13-9-3-2-6-15-12(9)16-17-13/h2-7H,1H3,(H2,15,16,17,18). The molecule has 3 aromatic heterocycles. The van der Waals surface area contributed by atoms with E-state index in [1.54, 1.807) is 25.4 Å². The largest absolute Gasteiger partial charge is 0.419 e. The van der Waals surface area contributed by atoms with Gasteiger partial charge in [0.1, 0.15) is 0 Å². The van der Waals surface area contributed by atoms with Crippen LogP contribution >= 0.6 is 0 Å². The molecule has 3 heterocycles. The molecule has 0 saturated carbocycles. The molecule has 2 N–H and O–H groups in total. The van der Waals surface area contributed by atoms with Gasteiger partial charge in [-0.25, -0.2) is 18.2 Å². The lowest BCUT2D eigenvalue weighted by atomic mass is 10.3. The molecule has 122 valence electrons. The van der Waals surface area contributed by atoms with Crippen LogP contribution in [0.1, 0.15) is 0 Å². The van der Waals surface area contributed by atoms with Crippen molar-refractivity contribution < 1.29 is 12.8 Å². The molecule has 10 heteroatoms. The maximum absolute atomic E-state index is 12.6. The smallest absolute Gasteiger partial charge is 0.408 e. The number of rotatable bonds is 3. The van der Waals surface area contributed by atoms with E-state index in [2.05, 4.69) is 19.9 Å². The molecule has 0 bridgehead atoms. The molecular weight excluding hydrogens is 334 g/mol. The van der Waals surface area contributed by atoms with E-state index in [-0.39, 0.29) is 16.3 Å². The van der Waals surface area contributed by atoms with Crippen LogP contribution in [0.15, 0.2) is 50.6 Å². The molecule has 0 spiro atoms. The van der Waals surface area contributed by atoms with E-state index in [0.717, 1.165) is 0 Å². The zero-order valence-corrected chi connectivity index (χ0v) is 13.2. The molecule has 1 aromatic carbocycles. The molecule has 0 radical (unpaired) electrons. The Balaban J connectivity index is 1.78. The number of H-pyrrole nitrogens is 1. The quantitative estimate of drug-likeness (QED) is 0.575. The molecule has 0 aliphatic heterocycles. The van der Waals surface area contributed by atoms with Crippen molar-refractivity contribution in [3.63, 3.8) is 0 Å². The van der Waals surface area contributed by atoms with E-state index in [4.69, 9.17) is 4.42 Å². The van der Waals surface area contributed by atoms with Gasteiger partial charge < -0.3 is 4.42 Å². The van der Waals surface area contributed by atoms with Crippen molar-refractivity contribution >= 4 is 38.0 Å². The molecule has 0 aliphatic carbocycles. The van der Waals surface area contributed by atoms with E-state index in [0.29, 0.717) is 16.6 Å². The summed E-state index contributed by atoms with van der Waals surface area (Å²) in [6.45, 7) is 0. The Bertz CT molecular complexity index is 1240. The number of aryl methyl sites for hydroxylation is 1. The molecule has 0 amide bonds. The molecule has 24 heavy (non-hydrogen) atoms. The predicted octanol–water partition coefficient (Wildman–Crippen LogP) is 1.20. The van der Waals surface area contributed by atoms with Crippen molar-refractivity contribution in [2.75, 3.05) is 4.72 Å². The molecular formula is C14H11N5O4S. The third-order valence-corrected chi connectivity index (χ3v) is 4.98. The highest BCUT2D eigenvalue weighted by atomic mass is 32.2. The number of sulfonamides is 1. The summed E-state index contributed by atoms with van der Waals surface area (Å²) in [6.07, 6.45) is 1.57. The van der Waals surface area contributed by atoms with Crippen molar-refractivity contribution in [2.24, 2.45) is 7.05 Å². The lowest BCUT2D eigenvalue weighted by Crippen LogP contribution is -2.13. The second kappa shape index (κ2) is 4.93. The fourth-order valence-electron chi connectivity index (χ4n) is 2.40. The van der Waals surface area contributed by atoms with Crippen LogP contribution in [-0.2, 0) is 17.1 Å². The summed E-state index contributed by atoms with van der Waals surface area (Å²) >= 11 is 0. The Labute approximate surface area is 135 Å². The second-order valence-corrected chi connectivity index (χ2v) is 6.82. The predicted molar refractivity (Wildman–Crippen MR) is 86.2 cm³/mol. The van der Waals surface area contributed by atoms with E-state index < -0.39 is 15.8 Å². The van der Waals surface area contributed by atoms with Crippen molar-refractivity contribution in [3.8, 4) is 0 Å². The molecule has 4 rings (SSSR count). The summed E-state index contributed by atoms with van der Waals surface area (Å²) in [6, 6.07) is 7.58. The molecule has 9 nitrogen and oxygen atoms in total.